The smallest absolute Gasteiger partial charge is 0.310 e. The van der Waals surface area contributed by atoms with Crippen molar-refractivity contribution in [1.29, 1.82) is 0 Å². The van der Waals surface area contributed by atoms with Crippen LogP contribution in [0.25, 0.3) is 0 Å². The third-order valence-corrected chi connectivity index (χ3v) is 2.83. The fourth-order valence-corrected chi connectivity index (χ4v) is 1.95. The van der Waals surface area contributed by atoms with E-state index < -0.39 is 17.7 Å². The van der Waals surface area contributed by atoms with Gasteiger partial charge in [0.1, 0.15) is 5.82 Å². The second-order valence-electron chi connectivity index (χ2n) is 2.92. The van der Waals surface area contributed by atoms with Gasteiger partial charge in [0.05, 0.1) is 5.92 Å². The molecule has 0 aliphatic rings. The zero-order chi connectivity index (χ0) is 10.7. The molecule has 0 saturated carbocycles. The van der Waals surface area contributed by atoms with Gasteiger partial charge in [-0.25, -0.2) is 4.39 Å². The van der Waals surface area contributed by atoms with Gasteiger partial charge in [-0.1, -0.05) is 6.07 Å². The van der Waals surface area contributed by atoms with Gasteiger partial charge in [0, 0.05) is 10.5 Å². The molecule has 0 spiro atoms. The van der Waals surface area contributed by atoms with Gasteiger partial charge < -0.3 is 5.11 Å². The second-order valence-corrected chi connectivity index (χ2v) is 3.76. The SMILES string of the molecule is CSc1cccc(F)c1C(C)C(=O)O. The molecule has 1 unspecified atom stereocenters. The Morgan fingerprint density at radius 2 is 2.21 bits per heavy atom. The predicted octanol–water partition coefficient (Wildman–Crippen LogP) is 2.74. The van der Waals surface area contributed by atoms with Gasteiger partial charge in [-0.3, -0.25) is 4.79 Å². The van der Waals surface area contributed by atoms with E-state index in [0.29, 0.717) is 4.90 Å². The molecule has 1 rings (SSSR count). The topological polar surface area (TPSA) is 37.3 Å². The minimum atomic E-state index is -1.01. The van der Waals surface area contributed by atoms with Crippen molar-refractivity contribution in [2.75, 3.05) is 6.26 Å². The summed E-state index contributed by atoms with van der Waals surface area (Å²) in [5.41, 5.74) is 0.271. The van der Waals surface area contributed by atoms with Crippen molar-refractivity contribution in [3.63, 3.8) is 0 Å². The van der Waals surface area contributed by atoms with Crippen LogP contribution in [0.1, 0.15) is 18.4 Å². The van der Waals surface area contributed by atoms with E-state index in [1.54, 1.807) is 18.4 Å². The molecular formula is C10H11FO2S. The van der Waals surface area contributed by atoms with E-state index >= 15 is 0 Å². The van der Waals surface area contributed by atoms with Crippen molar-refractivity contribution in [2.24, 2.45) is 0 Å². The van der Waals surface area contributed by atoms with Crippen molar-refractivity contribution in [2.45, 2.75) is 17.7 Å². The highest BCUT2D eigenvalue weighted by molar-refractivity contribution is 7.98. The maximum atomic E-state index is 13.4. The molecule has 0 amide bonds. The van der Waals surface area contributed by atoms with E-state index in [4.69, 9.17) is 5.11 Å². The Morgan fingerprint density at radius 1 is 1.57 bits per heavy atom. The molecule has 1 atom stereocenters. The molecule has 0 aromatic heterocycles. The number of benzene rings is 1. The van der Waals surface area contributed by atoms with Crippen LogP contribution in [0.5, 0.6) is 0 Å². The molecule has 0 saturated heterocycles. The van der Waals surface area contributed by atoms with E-state index in [1.165, 1.54) is 24.8 Å². The number of rotatable bonds is 3. The first-order valence-corrected chi connectivity index (χ1v) is 5.35. The molecule has 2 nitrogen and oxygen atoms in total. The van der Waals surface area contributed by atoms with Gasteiger partial charge in [-0.05, 0) is 25.3 Å². The monoisotopic (exact) mass is 214 g/mol. The lowest BCUT2D eigenvalue weighted by atomic mass is 10.0. The molecule has 0 aliphatic heterocycles. The normalized spacial score (nSPS) is 12.5. The van der Waals surface area contributed by atoms with Crippen LogP contribution in [0.15, 0.2) is 23.1 Å². The average Bonchev–Trinajstić information content (AvgIpc) is 2.16. The molecule has 1 aromatic carbocycles. The highest BCUT2D eigenvalue weighted by Crippen LogP contribution is 2.29. The molecule has 76 valence electrons. The molecular weight excluding hydrogens is 203 g/mol. The minimum Gasteiger partial charge on any atom is -0.481 e. The lowest BCUT2D eigenvalue weighted by Crippen LogP contribution is -2.10. The fraction of sp³-hybridized carbons (Fsp3) is 0.300. The molecule has 14 heavy (non-hydrogen) atoms. The highest BCUT2D eigenvalue weighted by Gasteiger charge is 2.20. The number of thioether (sulfide) groups is 1. The molecule has 0 fully saturated rings. The van der Waals surface area contributed by atoms with E-state index in [0.717, 1.165) is 0 Å². The number of hydrogen-bond acceptors (Lipinski definition) is 2. The fourth-order valence-electron chi connectivity index (χ4n) is 1.24. The number of halogens is 1. The number of carboxylic acids is 1. The van der Waals surface area contributed by atoms with Gasteiger partial charge >= 0.3 is 5.97 Å². The minimum absolute atomic E-state index is 0.271. The molecule has 0 radical (unpaired) electrons. The first-order chi connectivity index (χ1) is 6.57. The van der Waals surface area contributed by atoms with Crippen LogP contribution < -0.4 is 0 Å². The van der Waals surface area contributed by atoms with E-state index in [9.17, 15) is 9.18 Å². The maximum Gasteiger partial charge on any atom is 0.310 e. The van der Waals surface area contributed by atoms with Gasteiger partial charge in [0.2, 0.25) is 0 Å². The van der Waals surface area contributed by atoms with Crippen LogP contribution in [0, 0.1) is 5.82 Å². The Morgan fingerprint density at radius 3 is 2.71 bits per heavy atom. The highest BCUT2D eigenvalue weighted by atomic mass is 32.2. The number of carboxylic acid groups (broad SMARTS) is 1. The summed E-state index contributed by atoms with van der Waals surface area (Å²) in [7, 11) is 0. The third kappa shape index (κ3) is 2.07. The Bertz CT molecular complexity index is 352. The summed E-state index contributed by atoms with van der Waals surface area (Å²) < 4.78 is 13.4. The lowest BCUT2D eigenvalue weighted by molar-refractivity contribution is -0.138. The molecule has 0 bridgehead atoms. The van der Waals surface area contributed by atoms with Gasteiger partial charge in [-0.2, -0.15) is 0 Å². The van der Waals surface area contributed by atoms with Gasteiger partial charge in [-0.15, -0.1) is 11.8 Å². The van der Waals surface area contributed by atoms with Gasteiger partial charge in [0.15, 0.2) is 0 Å². The Balaban J connectivity index is 3.23. The molecule has 1 N–H and O–H groups in total. The zero-order valence-corrected chi connectivity index (χ0v) is 8.77. The molecule has 0 heterocycles. The summed E-state index contributed by atoms with van der Waals surface area (Å²) in [5, 5.41) is 8.80. The van der Waals surface area contributed by atoms with Crippen LogP contribution in [-0.4, -0.2) is 17.3 Å². The predicted molar refractivity (Wildman–Crippen MR) is 54.2 cm³/mol. The van der Waals surface area contributed by atoms with Crippen molar-refractivity contribution in [3.8, 4) is 0 Å². The Hall–Kier alpha value is -1.03. The summed E-state index contributed by atoms with van der Waals surface area (Å²) in [6.45, 7) is 1.49. The van der Waals surface area contributed by atoms with Crippen LogP contribution in [0.3, 0.4) is 0 Å². The summed E-state index contributed by atoms with van der Waals surface area (Å²) in [6.07, 6.45) is 1.80. The summed E-state index contributed by atoms with van der Waals surface area (Å²) in [6, 6.07) is 4.59. The standard InChI is InChI=1S/C10H11FO2S/c1-6(10(12)13)9-7(11)4-3-5-8(9)14-2/h3-6H,1-2H3,(H,12,13). The van der Waals surface area contributed by atoms with Crippen LogP contribution in [-0.2, 0) is 4.79 Å². The Kier molecular flexibility index (Phi) is 3.52. The molecule has 4 heteroatoms. The first kappa shape index (κ1) is 11.0. The van der Waals surface area contributed by atoms with Crippen LogP contribution >= 0.6 is 11.8 Å². The van der Waals surface area contributed by atoms with Crippen molar-refractivity contribution in [3.05, 3.63) is 29.6 Å². The number of hydrogen-bond donors (Lipinski definition) is 1. The van der Waals surface area contributed by atoms with Crippen LogP contribution in [0.2, 0.25) is 0 Å². The zero-order valence-electron chi connectivity index (χ0n) is 7.95. The average molecular weight is 214 g/mol. The van der Waals surface area contributed by atoms with Crippen molar-refractivity contribution in [1.82, 2.24) is 0 Å². The molecule has 1 aromatic rings. The lowest BCUT2D eigenvalue weighted by Gasteiger charge is -2.11. The third-order valence-electron chi connectivity index (χ3n) is 2.04. The van der Waals surface area contributed by atoms with Crippen molar-refractivity contribution >= 4 is 17.7 Å². The summed E-state index contributed by atoms with van der Waals surface area (Å²) in [4.78, 5) is 11.4. The number of carbonyl (C=O) groups is 1. The maximum absolute atomic E-state index is 13.4. The second kappa shape index (κ2) is 4.46. The van der Waals surface area contributed by atoms with E-state index in [-0.39, 0.29) is 5.56 Å². The summed E-state index contributed by atoms with van der Waals surface area (Å²) in [5.74, 6) is -2.27. The van der Waals surface area contributed by atoms with E-state index in [1.807, 2.05) is 0 Å². The Labute approximate surface area is 86.1 Å². The largest absolute Gasteiger partial charge is 0.481 e. The van der Waals surface area contributed by atoms with Crippen molar-refractivity contribution < 1.29 is 14.3 Å². The molecule has 0 aliphatic carbocycles. The quantitative estimate of drug-likeness (QED) is 0.786. The van der Waals surface area contributed by atoms with Crippen LogP contribution in [0.4, 0.5) is 4.39 Å². The first-order valence-electron chi connectivity index (χ1n) is 4.13. The number of aliphatic carboxylic acids is 1. The van der Waals surface area contributed by atoms with Gasteiger partial charge in [0.25, 0.3) is 0 Å². The van der Waals surface area contributed by atoms with E-state index in [2.05, 4.69) is 0 Å². The summed E-state index contributed by atoms with van der Waals surface area (Å²) >= 11 is 1.35.